The average molecular weight is 351 g/mol. The van der Waals surface area contributed by atoms with Crippen LogP contribution in [-0.2, 0) is 6.42 Å². The summed E-state index contributed by atoms with van der Waals surface area (Å²) >= 11 is 0. The van der Waals surface area contributed by atoms with Gasteiger partial charge in [-0.25, -0.2) is 9.78 Å². The predicted octanol–water partition coefficient (Wildman–Crippen LogP) is 3.10. The first-order valence-corrected chi connectivity index (χ1v) is 9.03. The molecule has 1 amide bonds. The van der Waals surface area contributed by atoms with Crippen molar-refractivity contribution in [2.75, 3.05) is 24.5 Å². The average Bonchev–Trinajstić information content (AvgIpc) is 3.11. The summed E-state index contributed by atoms with van der Waals surface area (Å²) in [4.78, 5) is 32.5. The van der Waals surface area contributed by atoms with E-state index < -0.39 is 5.97 Å². The van der Waals surface area contributed by atoms with Gasteiger partial charge in [-0.2, -0.15) is 0 Å². The lowest BCUT2D eigenvalue weighted by molar-refractivity contribution is 0.0695. The lowest BCUT2D eigenvalue weighted by Crippen LogP contribution is -2.35. The van der Waals surface area contributed by atoms with Crippen LogP contribution in [0.25, 0.3) is 0 Å². The zero-order chi connectivity index (χ0) is 18.1. The Morgan fingerprint density at radius 1 is 1.04 bits per heavy atom. The van der Waals surface area contributed by atoms with Crippen LogP contribution < -0.4 is 4.90 Å². The zero-order valence-electron chi connectivity index (χ0n) is 14.5. The second-order valence-corrected chi connectivity index (χ2v) is 6.78. The molecule has 0 radical (unpaired) electrons. The molecule has 1 aromatic carbocycles. The molecule has 2 aliphatic rings. The van der Waals surface area contributed by atoms with Gasteiger partial charge in [-0.15, -0.1) is 0 Å². The van der Waals surface area contributed by atoms with E-state index in [0.717, 1.165) is 43.7 Å². The van der Waals surface area contributed by atoms with E-state index in [0.29, 0.717) is 17.8 Å². The summed E-state index contributed by atoms with van der Waals surface area (Å²) in [7, 11) is 0. The van der Waals surface area contributed by atoms with Gasteiger partial charge in [0.1, 0.15) is 5.82 Å². The van der Waals surface area contributed by atoms with Gasteiger partial charge >= 0.3 is 5.97 Å². The van der Waals surface area contributed by atoms with E-state index in [-0.39, 0.29) is 11.5 Å². The molecule has 0 spiro atoms. The number of anilines is 2. The number of nitrogens with zero attached hydrogens (tertiary/aromatic N) is 3. The highest BCUT2D eigenvalue weighted by molar-refractivity contribution is 5.97. The summed E-state index contributed by atoms with van der Waals surface area (Å²) in [5, 5.41) is 9.44. The number of hydrogen-bond donors (Lipinski definition) is 1. The molecule has 0 aliphatic carbocycles. The third-order valence-electron chi connectivity index (χ3n) is 5.12. The Hall–Kier alpha value is -2.89. The molecule has 0 bridgehead atoms. The molecular weight excluding hydrogens is 330 g/mol. The van der Waals surface area contributed by atoms with Crippen LogP contribution in [-0.4, -0.2) is 46.5 Å². The van der Waals surface area contributed by atoms with Crippen molar-refractivity contribution in [3.05, 3.63) is 53.2 Å². The van der Waals surface area contributed by atoms with Crippen molar-refractivity contribution < 1.29 is 14.7 Å². The summed E-state index contributed by atoms with van der Waals surface area (Å²) < 4.78 is 0. The van der Waals surface area contributed by atoms with Crippen molar-refractivity contribution in [3.8, 4) is 0 Å². The molecule has 3 heterocycles. The largest absolute Gasteiger partial charge is 0.478 e. The Bertz CT molecular complexity index is 859. The highest BCUT2D eigenvalue weighted by Gasteiger charge is 2.27. The van der Waals surface area contributed by atoms with E-state index in [1.807, 2.05) is 21.9 Å². The lowest BCUT2D eigenvalue weighted by atomic mass is 10.1. The molecule has 1 aromatic heterocycles. The summed E-state index contributed by atoms with van der Waals surface area (Å²) in [5.74, 6) is -0.163. The number of hydrogen-bond acceptors (Lipinski definition) is 4. The van der Waals surface area contributed by atoms with Crippen molar-refractivity contribution in [1.82, 2.24) is 9.88 Å². The first kappa shape index (κ1) is 16.6. The number of pyridine rings is 1. The third kappa shape index (κ3) is 2.92. The number of fused-ring (bicyclic) bond motifs is 1. The maximum absolute atomic E-state index is 12.7. The van der Waals surface area contributed by atoms with E-state index in [9.17, 15) is 14.7 Å². The molecule has 0 unspecified atom stereocenters. The Balaban J connectivity index is 1.63. The molecule has 4 rings (SSSR count). The van der Waals surface area contributed by atoms with E-state index in [4.69, 9.17) is 0 Å². The number of aromatic nitrogens is 1. The minimum Gasteiger partial charge on any atom is -0.478 e. The molecule has 26 heavy (non-hydrogen) atoms. The first-order valence-electron chi connectivity index (χ1n) is 9.03. The Kier molecular flexibility index (Phi) is 4.32. The summed E-state index contributed by atoms with van der Waals surface area (Å²) in [6.07, 6.45) is 5.67. The number of carbonyl (C=O) groups is 2. The van der Waals surface area contributed by atoms with Crippen LogP contribution in [0.1, 0.15) is 45.5 Å². The fourth-order valence-electron chi connectivity index (χ4n) is 3.79. The highest BCUT2D eigenvalue weighted by Crippen LogP contribution is 2.35. The Labute approximate surface area is 152 Å². The van der Waals surface area contributed by atoms with E-state index in [2.05, 4.69) is 4.98 Å². The predicted molar refractivity (Wildman–Crippen MR) is 98.1 cm³/mol. The quantitative estimate of drug-likeness (QED) is 0.920. The van der Waals surface area contributed by atoms with Crippen molar-refractivity contribution in [3.63, 3.8) is 0 Å². The number of carbonyl (C=O) groups excluding carboxylic acids is 1. The van der Waals surface area contributed by atoms with Gasteiger partial charge in [0.05, 0.1) is 16.8 Å². The molecular formula is C20H21N3O3. The molecule has 2 aliphatic heterocycles. The van der Waals surface area contributed by atoms with Crippen LogP contribution in [0, 0.1) is 0 Å². The zero-order valence-corrected chi connectivity index (χ0v) is 14.5. The molecule has 2 aromatic rings. The molecule has 1 N–H and O–H groups in total. The number of rotatable bonds is 3. The summed E-state index contributed by atoms with van der Waals surface area (Å²) in [6, 6.07) is 8.87. The number of amides is 1. The van der Waals surface area contributed by atoms with Gasteiger partial charge in [0.15, 0.2) is 0 Å². The fraction of sp³-hybridized carbons (Fsp3) is 0.350. The number of aromatic carboxylic acids is 1. The molecule has 0 saturated carbocycles. The van der Waals surface area contributed by atoms with Crippen LogP contribution in [0.15, 0.2) is 36.5 Å². The van der Waals surface area contributed by atoms with Gasteiger partial charge in [0, 0.05) is 25.8 Å². The van der Waals surface area contributed by atoms with Gasteiger partial charge in [0.25, 0.3) is 5.91 Å². The molecule has 1 fully saturated rings. The highest BCUT2D eigenvalue weighted by atomic mass is 16.4. The van der Waals surface area contributed by atoms with Crippen LogP contribution in [0.3, 0.4) is 0 Å². The molecule has 1 saturated heterocycles. The van der Waals surface area contributed by atoms with Crippen LogP contribution >= 0.6 is 0 Å². The SMILES string of the molecule is O=C(O)c1ccccc1N1CCc2cc(C(=O)N3CCCCC3)cnc21. The van der Waals surface area contributed by atoms with Crippen LogP contribution in [0.4, 0.5) is 11.5 Å². The monoisotopic (exact) mass is 351 g/mol. The van der Waals surface area contributed by atoms with Crippen molar-refractivity contribution in [2.24, 2.45) is 0 Å². The second kappa shape index (κ2) is 6.78. The third-order valence-corrected chi connectivity index (χ3v) is 5.12. The number of para-hydroxylation sites is 1. The van der Waals surface area contributed by atoms with Gasteiger partial charge in [0.2, 0.25) is 0 Å². The maximum atomic E-state index is 12.7. The summed E-state index contributed by atoms with van der Waals surface area (Å²) in [5.41, 5.74) is 2.52. The van der Waals surface area contributed by atoms with Crippen molar-refractivity contribution in [2.45, 2.75) is 25.7 Å². The fourth-order valence-corrected chi connectivity index (χ4v) is 3.79. The number of piperidine rings is 1. The smallest absolute Gasteiger partial charge is 0.337 e. The van der Waals surface area contributed by atoms with Gasteiger partial charge in [-0.1, -0.05) is 12.1 Å². The minimum atomic E-state index is -0.953. The first-order chi connectivity index (χ1) is 12.6. The standard InChI is InChI=1S/C20H21N3O3/c24-19(22-9-4-1-5-10-22)15-12-14-8-11-23(18(14)21-13-15)17-7-3-2-6-16(17)20(25)26/h2-3,6-7,12-13H,1,4-5,8-11H2,(H,25,26). The van der Waals surface area contributed by atoms with Crippen molar-refractivity contribution in [1.29, 1.82) is 0 Å². The molecule has 0 atom stereocenters. The number of likely N-dealkylation sites (tertiary alicyclic amines) is 1. The molecule has 6 nitrogen and oxygen atoms in total. The van der Waals surface area contributed by atoms with E-state index in [1.165, 1.54) is 6.42 Å². The Morgan fingerprint density at radius 3 is 2.58 bits per heavy atom. The van der Waals surface area contributed by atoms with E-state index >= 15 is 0 Å². The van der Waals surface area contributed by atoms with Gasteiger partial charge < -0.3 is 14.9 Å². The second-order valence-electron chi connectivity index (χ2n) is 6.78. The maximum Gasteiger partial charge on any atom is 0.337 e. The van der Waals surface area contributed by atoms with Crippen LogP contribution in [0.2, 0.25) is 0 Å². The van der Waals surface area contributed by atoms with Crippen molar-refractivity contribution >= 4 is 23.4 Å². The van der Waals surface area contributed by atoms with Gasteiger partial charge in [-0.3, -0.25) is 4.79 Å². The minimum absolute atomic E-state index is 0.0457. The van der Waals surface area contributed by atoms with Gasteiger partial charge in [-0.05, 0) is 49.4 Å². The summed E-state index contributed by atoms with van der Waals surface area (Å²) in [6.45, 7) is 2.29. The van der Waals surface area contributed by atoms with Crippen LogP contribution in [0.5, 0.6) is 0 Å². The Morgan fingerprint density at radius 2 is 1.81 bits per heavy atom. The number of benzene rings is 1. The topological polar surface area (TPSA) is 73.7 Å². The lowest BCUT2D eigenvalue weighted by Gasteiger charge is -2.27. The molecule has 6 heteroatoms. The molecule has 134 valence electrons. The number of carboxylic acids is 1. The van der Waals surface area contributed by atoms with E-state index in [1.54, 1.807) is 24.4 Å². The normalized spacial score (nSPS) is 16.5. The number of carboxylic acid groups (broad SMARTS) is 1.